The predicted molar refractivity (Wildman–Crippen MR) is 170 cm³/mol. The molecule has 6 rings (SSSR count). The van der Waals surface area contributed by atoms with Gasteiger partial charge in [-0.3, -0.25) is 29.3 Å². The van der Waals surface area contributed by atoms with Gasteiger partial charge in [-0.25, -0.2) is 32.9 Å². The van der Waals surface area contributed by atoms with Gasteiger partial charge in [-0.05, 0) is 48.5 Å². The number of carbonyl (C=O) groups excluding carboxylic acids is 4. The Morgan fingerprint density at radius 3 is 1.67 bits per heavy atom. The molecule has 5 aromatic heterocycles. The van der Waals surface area contributed by atoms with Crippen molar-refractivity contribution in [3.8, 4) is 0 Å². The van der Waals surface area contributed by atoms with E-state index in [0.717, 1.165) is 30.9 Å². The van der Waals surface area contributed by atoms with E-state index < -0.39 is 72.8 Å². The van der Waals surface area contributed by atoms with Crippen molar-refractivity contribution >= 4 is 23.9 Å². The summed E-state index contributed by atoms with van der Waals surface area (Å²) in [4.78, 5) is 94.0. The Morgan fingerprint density at radius 1 is 0.692 bits per heavy atom. The van der Waals surface area contributed by atoms with Crippen molar-refractivity contribution in [3.05, 3.63) is 153 Å². The molecule has 1 fully saturated rings. The lowest BCUT2D eigenvalue weighted by Gasteiger charge is -2.27. The number of esters is 4. The number of hydrogen-bond acceptors (Lipinski definition) is 15. The number of halogens is 1. The number of carbonyl (C=O) groups is 4. The number of aromatic nitrogens is 6. The van der Waals surface area contributed by atoms with Crippen LogP contribution >= 0.6 is 0 Å². The highest BCUT2D eigenvalue weighted by molar-refractivity contribution is 5.90. The highest BCUT2D eigenvalue weighted by Gasteiger charge is 2.62. The van der Waals surface area contributed by atoms with Crippen molar-refractivity contribution in [1.82, 2.24) is 29.1 Å². The van der Waals surface area contributed by atoms with Crippen LogP contribution in [0.4, 0.5) is 4.39 Å². The minimum Gasteiger partial charge on any atom is -0.456 e. The first-order chi connectivity index (χ1) is 25.1. The highest BCUT2D eigenvalue weighted by atomic mass is 19.2. The fourth-order valence-corrected chi connectivity index (χ4v) is 4.94. The zero-order valence-corrected chi connectivity index (χ0v) is 26.6. The molecule has 0 radical (unpaired) electrons. The zero-order chi connectivity index (χ0) is 36.7. The van der Waals surface area contributed by atoms with Gasteiger partial charge in [-0.1, -0.05) is 0 Å². The first-order valence-corrected chi connectivity index (χ1v) is 15.2. The molecule has 0 N–H and O–H groups in total. The van der Waals surface area contributed by atoms with E-state index >= 15 is 4.39 Å². The summed E-state index contributed by atoms with van der Waals surface area (Å²) in [6, 6.07) is 12.0. The number of nitrogens with zero attached hydrogens (tertiary/aromatic N) is 6. The van der Waals surface area contributed by atoms with E-state index in [9.17, 15) is 28.8 Å². The molecule has 1 saturated heterocycles. The van der Waals surface area contributed by atoms with Crippen molar-refractivity contribution in [2.24, 2.45) is 0 Å². The SMILES string of the molecule is O=C(OCn1c(=O)ccn([C@@H]2O[C@](F)(COC(=O)c3cccnc3)[C@@H](OC(=O)c3cccnc3)[C@H]2OC(=O)c2cccnc2)c1=O)c1cccnc1. The van der Waals surface area contributed by atoms with E-state index in [1.807, 2.05) is 0 Å². The van der Waals surface area contributed by atoms with Crippen molar-refractivity contribution in [3.63, 3.8) is 0 Å². The molecule has 1 aliphatic heterocycles. The maximum absolute atomic E-state index is 17.3. The molecule has 0 spiro atoms. The van der Waals surface area contributed by atoms with Crippen LogP contribution in [0.15, 0.2) is 120 Å². The number of pyridine rings is 4. The van der Waals surface area contributed by atoms with Crippen LogP contribution < -0.4 is 11.2 Å². The molecular weight excluding hydrogens is 687 g/mol. The number of rotatable bonds is 11. The van der Waals surface area contributed by atoms with E-state index in [2.05, 4.69) is 19.9 Å². The molecule has 0 aromatic carbocycles. The highest BCUT2D eigenvalue weighted by Crippen LogP contribution is 2.42. The summed E-state index contributed by atoms with van der Waals surface area (Å²) in [5, 5.41) is 0. The fourth-order valence-electron chi connectivity index (χ4n) is 4.94. The largest absolute Gasteiger partial charge is 0.456 e. The molecule has 0 saturated carbocycles. The normalized spacial score (nSPS) is 19.3. The summed E-state index contributed by atoms with van der Waals surface area (Å²) in [7, 11) is 0. The monoisotopic (exact) mass is 712 g/mol. The van der Waals surface area contributed by atoms with Gasteiger partial charge in [0, 0.05) is 61.8 Å². The number of alkyl halides is 1. The molecule has 0 bridgehead atoms. The Hall–Kier alpha value is -6.95. The lowest BCUT2D eigenvalue weighted by molar-refractivity contribution is -0.208. The Kier molecular flexibility index (Phi) is 10.3. The summed E-state index contributed by atoms with van der Waals surface area (Å²) < 4.78 is 45.6. The van der Waals surface area contributed by atoms with Crippen LogP contribution in [0.5, 0.6) is 0 Å². The van der Waals surface area contributed by atoms with Gasteiger partial charge >= 0.3 is 29.6 Å². The van der Waals surface area contributed by atoms with Gasteiger partial charge in [0.2, 0.25) is 6.10 Å². The minimum atomic E-state index is -3.30. The molecular formula is C34H25FN6O11. The van der Waals surface area contributed by atoms with Gasteiger partial charge in [0.1, 0.15) is 0 Å². The van der Waals surface area contributed by atoms with Gasteiger partial charge < -0.3 is 23.7 Å². The smallest absolute Gasteiger partial charge is 0.341 e. The summed E-state index contributed by atoms with van der Waals surface area (Å²) in [5.41, 5.74) is -2.44. The molecule has 264 valence electrons. The Bertz CT molecular complexity index is 2190. The van der Waals surface area contributed by atoms with E-state index in [-0.39, 0.29) is 22.3 Å². The quantitative estimate of drug-likeness (QED) is 0.141. The summed E-state index contributed by atoms with van der Waals surface area (Å²) in [5.74, 6) is -7.51. The van der Waals surface area contributed by atoms with Gasteiger partial charge in [0.15, 0.2) is 25.7 Å². The Balaban J connectivity index is 1.39. The summed E-state index contributed by atoms with van der Waals surface area (Å²) in [6.45, 7) is -2.15. The van der Waals surface area contributed by atoms with Crippen molar-refractivity contribution in [1.29, 1.82) is 0 Å². The van der Waals surface area contributed by atoms with Crippen molar-refractivity contribution in [2.45, 2.75) is 31.0 Å². The van der Waals surface area contributed by atoms with E-state index in [1.165, 1.54) is 79.5 Å². The van der Waals surface area contributed by atoms with Crippen LogP contribution in [0, 0.1) is 0 Å². The first-order valence-electron chi connectivity index (χ1n) is 15.2. The molecule has 5 aromatic rings. The maximum atomic E-state index is 17.3. The molecule has 18 heteroatoms. The third kappa shape index (κ3) is 7.60. The minimum absolute atomic E-state index is 0.0228. The van der Waals surface area contributed by atoms with Crippen LogP contribution in [0.3, 0.4) is 0 Å². The summed E-state index contributed by atoms with van der Waals surface area (Å²) in [6.07, 6.45) is 4.92. The van der Waals surface area contributed by atoms with Crippen LogP contribution in [-0.2, 0) is 30.4 Å². The van der Waals surface area contributed by atoms with Gasteiger partial charge in [0.25, 0.3) is 11.4 Å². The maximum Gasteiger partial charge on any atom is 0.341 e. The van der Waals surface area contributed by atoms with Crippen LogP contribution in [0.1, 0.15) is 47.7 Å². The van der Waals surface area contributed by atoms with Crippen molar-refractivity contribution < 1.29 is 47.3 Å². The molecule has 0 unspecified atom stereocenters. The molecule has 0 amide bonds. The molecule has 52 heavy (non-hydrogen) atoms. The second-order valence-electron chi connectivity index (χ2n) is 10.9. The third-order valence-corrected chi connectivity index (χ3v) is 7.48. The average molecular weight is 713 g/mol. The molecule has 1 aliphatic rings. The standard InChI is InChI=1S/C34H25FN6O11/c35-34(19-48-29(43)21-5-1-10-36-15-21)27(51-32(46)24-8-4-13-39-18-24)26(50-31(45)23-7-3-12-38-17-23)28(52-34)40-14-9-25(42)41(33(40)47)20-49-30(44)22-6-2-11-37-16-22/h1-18,26-28H,19-20H2/t26-,27+,28-,34-/m1/s1. The second-order valence-corrected chi connectivity index (χ2v) is 10.9. The van der Waals surface area contributed by atoms with E-state index in [0.29, 0.717) is 9.13 Å². The molecule has 4 atom stereocenters. The van der Waals surface area contributed by atoms with Crippen LogP contribution in [0.2, 0.25) is 0 Å². The number of ether oxygens (including phenoxy) is 5. The fraction of sp³-hybridized carbons (Fsp3) is 0.176. The van der Waals surface area contributed by atoms with Gasteiger partial charge in [-0.15, -0.1) is 0 Å². The summed E-state index contributed by atoms with van der Waals surface area (Å²) >= 11 is 0. The van der Waals surface area contributed by atoms with E-state index in [4.69, 9.17) is 23.7 Å². The lowest BCUT2D eigenvalue weighted by Crippen LogP contribution is -2.48. The van der Waals surface area contributed by atoms with Gasteiger partial charge in [-0.2, -0.15) is 0 Å². The third-order valence-electron chi connectivity index (χ3n) is 7.48. The predicted octanol–water partition coefficient (Wildman–Crippen LogP) is 1.91. The number of hydrogen-bond donors (Lipinski definition) is 0. The Labute approximate surface area is 291 Å². The average Bonchev–Trinajstić information content (AvgIpc) is 3.44. The Morgan fingerprint density at radius 2 is 1.17 bits per heavy atom. The topological polar surface area (TPSA) is 210 Å². The first kappa shape index (κ1) is 34.9. The molecule has 6 heterocycles. The second kappa shape index (κ2) is 15.3. The molecule has 17 nitrogen and oxygen atoms in total. The van der Waals surface area contributed by atoms with Crippen LogP contribution in [0.25, 0.3) is 0 Å². The van der Waals surface area contributed by atoms with E-state index in [1.54, 1.807) is 0 Å². The zero-order valence-electron chi connectivity index (χ0n) is 26.6. The van der Waals surface area contributed by atoms with Gasteiger partial charge in [0.05, 0.1) is 22.3 Å². The molecule has 0 aliphatic carbocycles. The van der Waals surface area contributed by atoms with Crippen LogP contribution in [-0.4, -0.2) is 77.6 Å². The van der Waals surface area contributed by atoms with Crippen molar-refractivity contribution in [2.75, 3.05) is 6.61 Å². The lowest BCUT2D eigenvalue weighted by atomic mass is 10.1.